The number of carbonyl (C=O) groups is 1. The number of hydrogen-bond acceptors (Lipinski definition) is 4. The fraction of sp³-hybridized carbons (Fsp3) is 0.381. The summed E-state index contributed by atoms with van der Waals surface area (Å²) in [5.74, 6) is 0.0306. The molecule has 144 valence electrons. The summed E-state index contributed by atoms with van der Waals surface area (Å²) in [7, 11) is 0. The molecule has 0 bridgehead atoms. The zero-order valence-corrected chi connectivity index (χ0v) is 15.5. The van der Waals surface area contributed by atoms with E-state index in [1.807, 2.05) is 24.3 Å². The van der Waals surface area contributed by atoms with Crippen LogP contribution in [0.3, 0.4) is 0 Å². The lowest BCUT2D eigenvalue weighted by Crippen LogP contribution is -2.48. The van der Waals surface area contributed by atoms with E-state index in [9.17, 15) is 9.90 Å². The third-order valence-electron chi connectivity index (χ3n) is 5.72. The van der Waals surface area contributed by atoms with E-state index in [0.29, 0.717) is 25.9 Å². The predicted molar refractivity (Wildman–Crippen MR) is 105 cm³/mol. The molecule has 1 aliphatic carbocycles. The van der Waals surface area contributed by atoms with Gasteiger partial charge in [0.05, 0.1) is 12.1 Å². The molecule has 1 saturated heterocycles. The lowest BCUT2D eigenvalue weighted by molar-refractivity contribution is -0.0133. The van der Waals surface area contributed by atoms with Crippen LogP contribution in [-0.4, -0.2) is 47.9 Å². The smallest absolute Gasteiger partial charge is 0.409 e. The number of aliphatic hydroxyl groups is 1. The number of likely N-dealkylation sites (tertiary alicyclic amines) is 1. The van der Waals surface area contributed by atoms with Crippen molar-refractivity contribution < 1.29 is 14.6 Å². The van der Waals surface area contributed by atoms with Gasteiger partial charge in [0.1, 0.15) is 6.61 Å². The molecule has 0 atom stereocenters. The summed E-state index contributed by atoms with van der Waals surface area (Å²) in [6.07, 6.45) is 0.375. The summed E-state index contributed by atoms with van der Waals surface area (Å²) in [4.78, 5) is 16.9. The molecule has 4 rings (SSSR count). The zero-order valence-electron chi connectivity index (χ0n) is 15.5. The minimum absolute atomic E-state index is 0.0298. The highest BCUT2D eigenvalue weighted by atomic mass is 16.6. The van der Waals surface area contributed by atoms with Crippen LogP contribution in [0.2, 0.25) is 0 Å². The number of piperidine rings is 1. The van der Waals surface area contributed by atoms with Crippen LogP contribution in [0.4, 0.5) is 4.79 Å². The van der Waals surface area contributed by atoms with Gasteiger partial charge in [-0.05, 0) is 40.6 Å². The van der Waals surface area contributed by atoms with E-state index in [1.54, 1.807) is 4.90 Å². The van der Waals surface area contributed by atoms with Gasteiger partial charge in [-0.3, -0.25) is 0 Å². The number of azide groups is 1. The summed E-state index contributed by atoms with van der Waals surface area (Å²) in [5.41, 5.74) is 12.1. The van der Waals surface area contributed by atoms with Crippen LogP contribution in [0, 0.1) is 0 Å². The van der Waals surface area contributed by atoms with Gasteiger partial charge >= 0.3 is 6.09 Å². The summed E-state index contributed by atoms with van der Waals surface area (Å²) in [5, 5.41) is 13.8. The highest BCUT2D eigenvalue weighted by Crippen LogP contribution is 2.44. The number of benzene rings is 2. The Labute approximate surface area is 163 Å². The van der Waals surface area contributed by atoms with E-state index < -0.39 is 5.60 Å². The minimum Gasteiger partial charge on any atom is -0.448 e. The first-order valence-electron chi connectivity index (χ1n) is 9.44. The van der Waals surface area contributed by atoms with Crippen molar-refractivity contribution in [3.8, 4) is 11.1 Å². The molecular formula is C21H22N4O3. The van der Waals surface area contributed by atoms with Crippen LogP contribution in [0.1, 0.15) is 29.9 Å². The summed E-state index contributed by atoms with van der Waals surface area (Å²) >= 11 is 0. The van der Waals surface area contributed by atoms with Crippen molar-refractivity contribution in [3.63, 3.8) is 0 Å². The van der Waals surface area contributed by atoms with Gasteiger partial charge in [-0.25, -0.2) is 4.79 Å². The molecule has 0 spiro atoms. The zero-order chi connectivity index (χ0) is 19.6. The van der Waals surface area contributed by atoms with Crippen LogP contribution in [0.25, 0.3) is 21.6 Å². The van der Waals surface area contributed by atoms with Crippen molar-refractivity contribution >= 4 is 6.09 Å². The Morgan fingerprint density at radius 3 is 2.29 bits per heavy atom. The van der Waals surface area contributed by atoms with E-state index in [-0.39, 0.29) is 25.2 Å². The second kappa shape index (κ2) is 7.54. The van der Waals surface area contributed by atoms with Crippen molar-refractivity contribution in [3.05, 3.63) is 70.1 Å². The number of fused-ring (bicyclic) bond motifs is 3. The van der Waals surface area contributed by atoms with Crippen LogP contribution in [0.15, 0.2) is 53.6 Å². The number of ether oxygens (including phenoxy) is 1. The van der Waals surface area contributed by atoms with Gasteiger partial charge in [-0.15, -0.1) is 0 Å². The maximum atomic E-state index is 12.5. The number of nitrogens with zero attached hydrogens (tertiary/aromatic N) is 4. The average Bonchev–Trinajstić information content (AvgIpc) is 3.05. The van der Waals surface area contributed by atoms with Crippen molar-refractivity contribution in [2.24, 2.45) is 5.11 Å². The average molecular weight is 378 g/mol. The molecule has 0 unspecified atom stereocenters. The van der Waals surface area contributed by atoms with E-state index in [0.717, 1.165) is 0 Å². The quantitative estimate of drug-likeness (QED) is 0.493. The Morgan fingerprint density at radius 2 is 1.71 bits per heavy atom. The molecule has 7 heteroatoms. The van der Waals surface area contributed by atoms with Gasteiger partial charge in [0.25, 0.3) is 0 Å². The Morgan fingerprint density at radius 1 is 1.14 bits per heavy atom. The van der Waals surface area contributed by atoms with Crippen LogP contribution in [-0.2, 0) is 4.74 Å². The van der Waals surface area contributed by atoms with Gasteiger partial charge in [-0.1, -0.05) is 53.6 Å². The molecule has 0 saturated carbocycles. The molecule has 0 radical (unpaired) electrons. The second-order valence-corrected chi connectivity index (χ2v) is 7.40. The number of rotatable bonds is 4. The Hall–Kier alpha value is -3.02. The fourth-order valence-corrected chi connectivity index (χ4v) is 4.11. The number of amides is 1. The minimum atomic E-state index is -1.04. The largest absolute Gasteiger partial charge is 0.448 e. The monoisotopic (exact) mass is 378 g/mol. The van der Waals surface area contributed by atoms with Crippen LogP contribution >= 0.6 is 0 Å². The van der Waals surface area contributed by atoms with Crippen LogP contribution < -0.4 is 0 Å². The molecule has 1 fully saturated rings. The van der Waals surface area contributed by atoms with E-state index in [2.05, 4.69) is 34.3 Å². The highest BCUT2D eigenvalue weighted by molar-refractivity contribution is 5.79. The fourth-order valence-electron chi connectivity index (χ4n) is 4.11. The Bertz CT molecular complexity index is 885. The Kier molecular flexibility index (Phi) is 4.94. The number of carbonyl (C=O) groups excluding carboxylic acids is 1. The van der Waals surface area contributed by atoms with Crippen molar-refractivity contribution in [1.82, 2.24) is 4.90 Å². The first kappa shape index (κ1) is 18.3. The lowest BCUT2D eigenvalue weighted by atomic mass is 9.92. The van der Waals surface area contributed by atoms with Gasteiger partial charge < -0.3 is 14.7 Å². The predicted octanol–water partition coefficient (Wildman–Crippen LogP) is 4.07. The highest BCUT2D eigenvalue weighted by Gasteiger charge is 2.35. The number of hydrogen-bond donors (Lipinski definition) is 1. The molecule has 1 N–H and O–H groups in total. The van der Waals surface area contributed by atoms with Crippen molar-refractivity contribution in [1.29, 1.82) is 0 Å². The van der Waals surface area contributed by atoms with Gasteiger partial charge in [-0.2, -0.15) is 0 Å². The standard InChI is InChI=1S/C21H22N4O3/c22-24-23-14-21(27)9-11-25(12-10-21)20(26)28-13-19-17-7-3-1-5-15(17)16-6-2-4-8-18(16)19/h1-8,19,27H,9-14H2. The molecule has 1 heterocycles. The van der Waals surface area contributed by atoms with Crippen molar-refractivity contribution in [2.45, 2.75) is 24.4 Å². The van der Waals surface area contributed by atoms with Gasteiger partial charge in [0.2, 0.25) is 0 Å². The molecule has 2 aromatic rings. The van der Waals surface area contributed by atoms with Gasteiger partial charge in [0, 0.05) is 23.9 Å². The molecule has 2 aliphatic rings. The van der Waals surface area contributed by atoms with E-state index in [4.69, 9.17) is 10.3 Å². The Balaban J connectivity index is 1.40. The molecule has 1 aliphatic heterocycles. The molecule has 28 heavy (non-hydrogen) atoms. The van der Waals surface area contributed by atoms with Crippen LogP contribution in [0.5, 0.6) is 0 Å². The van der Waals surface area contributed by atoms with E-state index >= 15 is 0 Å². The second-order valence-electron chi connectivity index (χ2n) is 7.40. The maximum Gasteiger partial charge on any atom is 0.409 e. The maximum absolute atomic E-state index is 12.5. The van der Waals surface area contributed by atoms with Gasteiger partial charge in [0.15, 0.2) is 0 Å². The first-order valence-corrected chi connectivity index (χ1v) is 9.44. The molecule has 0 aromatic heterocycles. The third kappa shape index (κ3) is 3.42. The first-order chi connectivity index (χ1) is 13.6. The molecular weight excluding hydrogens is 356 g/mol. The normalized spacial score (nSPS) is 17.4. The van der Waals surface area contributed by atoms with E-state index in [1.165, 1.54) is 22.3 Å². The molecule has 2 aromatic carbocycles. The lowest BCUT2D eigenvalue weighted by Gasteiger charge is -2.36. The SMILES string of the molecule is [N-]=[N+]=NCC1(O)CCN(C(=O)OCC2c3ccccc3-c3ccccc32)CC1. The summed E-state index contributed by atoms with van der Waals surface area (Å²) < 4.78 is 5.65. The molecule has 1 amide bonds. The third-order valence-corrected chi connectivity index (χ3v) is 5.72. The summed E-state index contributed by atoms with van der Waals surface area (Å²) in [6.45, 7) is 1.08. The van der Waals surface area contributed by atoms with Crippen molar-refractivity contribution in [2.75, 3.05) is 26.2 Å². The molecule has 7 nitrogen and oxygen atoms in total. The topological polar surface area (TPSA) is 98.5 Å². The summed E-state index contributed by atoms with van der Waals surface area (Å²) in [6, 6.07) is 16.4.